The summed E-state index contributed by atoms with van der Waals surface area (Å²) in [7, 11) is 0. The van der Waals surface area contributed by atoms with Crippen molar-refractivity contribution in [2.75, 3.05) is 11.9 Å². The van der Waals surface area contributed by atoms with Crippen LogP contribution in [0.3, 0.4) is 0 Å². The van der Waals surface area contributed by atoms with Crippen molar-refractivity contribution in [2.45, 2.75) is 38.0 Å². The molecular weight excluding hydrogens is 349 g/mol. The third-order valence-corrected chi connectivity index (χ3v) is 5.50. The van der Waals surface area contributed by atoms with Gasteiger partial charge in [0, 0.05) is 16.6 Å². The van der Waals surface area contributed by atoms with Crippen LogP contribution < -0.4 is 5.32 Å². The summed E-state index contributed by atoms with van der Waals surface area (Å²) in [6.07, 6.45) is -2.34. The Morgan fingerprint density at radius 1 is 1.28 bits per heavy atom. The molecule has 1 N–H and O–H groups in total. The van der Waals surface area contributed by atoms with Crippen LogP contribution in [0.5, 0.6) is 0 Å². The third-order valence-electron chi connectivity index (χ3n) is 4.52. The number of thiophene rings is 1. The molecule has 0 aliphatic carbocycles. The molecule has 1 aliphatic rings. The number of carbonyl (C=O) groups is 1. The summed E-state index contributed by atoms with van der Waals surface area (Å²) < 4.78 is 37.8. The molecule has 0 bridgehead atoms. The van der Waals surface area contributed by atoms with Crippen molar-refractivity contribution < 1.29 is 18.0 Å². The van der Waals surface area contributed by atoms with Gasteiger partial charge in [0.15, 0.2) is 0 Å². The van der Waals surface area contributed by atoms with Crippen molar-refractivity contribution in [3.8, 4) is 0 Å². The molecule has 7 heteroatoms. The second kappa shape index (κ2) is 7.17. The Bertz CT molecular complexity index is 713. The van der Waals surface area contributed by atoms with Gasteiger partial charge in [-0.05, 0) is 62.0 Å². The number of likely N-dealkylation sites (tertiary alicyclic amines) is 1. The highest BCUT2D eigenvalue weighted by atomic mass is 32.1. The molecule has 25 heavy (non-hydrogen) atoms. The molecule has 0 spiro atoms. The number of nitrogens with zero attached hydrogens (tertiary/aromatic N) is 1. The van der Waals surface area contributed by atoms with Gasteiger partial charge in [0.25, 0.3) is 0 Å². The quantitative estimate of drug-likeness (QED) is 0.830. The van der Waals surface area contributed by atoms with Crippen molar-refractivity contribution in [3.63, 3.8) is 0 Å². The van der Waals surface area contributed by atoms with E-state index in [-0.39, 0.29) is 18.0 Å². The molecule has 134 valence electrons. The highest BCUT2D eigenvalue weighted by molar-refractivity contribution is 7.10. The minimum atomic E-state index is -4.38. The van der Waals surface area contributed by atoms with Crippen LogP contribution in [0.15, 0.2) is 41.8 Å². The molecular formula is C18H19F3N2OS. The lowest BCUT2D eigenvalue weighted by atomic mass is 10.1. The molecule has 2 aromatic rings. The first-order valence-corrected chi connectivity index (χ1v) is 9.01. The molecule has 2 heterocycles. The monoisotopic (exact) mass is 368 g/mol. The summed E-state index contributed by atoms with van der Waals surface area (Å²) >= 11 is 1.68. The molecule has 1 aromatic carbocycles. The Kier molecular flexibility index (Phi) is 5.15. The average Bonchev–Trinajstić information content (AvgIpc) is 3.24. The van der Waals surface area contributed by atoms with Crippen molar-refractivity contribution in [3.05, 3.63) is 52.2 Å². The molecule has 1 aromatic heterocycles. The van der Waals surface area contributed by atoms with E-state index >= 15 is 0 Å². The fourth-order valence-electron chi connectivity index (χ4n) is 3.18. The predicted octanol–water partition coefficient (Wildman–Crippen LogP) is 4.93. The van der Waals surface area contributed by atoms with E-state index in [4.69, 9.17) is 0 Å². The SMILES string of the molecule is C[C@H](C(=O)Nc1ccc(C(F)(F)F)cc1)N1CCC[C@@H]1c1cccs1. The second-order valence-corrected chi connectivity index (χ2v) is 7.13. The van der Waals surface area contributed by atoms with Crippen molar-refractivity contribution in [1.29, 1.82) is 0 Å². The van der Waals surface area contributed by atoms with Gasteiger partial charge in [-0.1, -0.05) is 6.07 Å². The summed E-state index contributed by atoms with van der Waals surface area (Å²) in [5.41, 5.74) is -0.354. The number of benzene rings is 1. The van der Waals surface area contributed by atoms with Crippen molar-refractivity contribution in [1.82, 2.24) is 4.90 Å². The Labute approximate surface area is 148 Å². The van der Waals surface area contributed by atoms with Gasteiger partial charge < -0.3 is 5.32 Å². The van der Waals surface area contributed by atoms with Crippen molar-refractivity contribution in [2.24, 2.45) is 0 Å². The predicted molar refractivity (Wildman–Crippen MR) is 92.5 cm³/mol. The largest absolute Gasteiger partial charge is 0.416 e. The second-order valence-electron chi connectivity index (χ2n) is 6.15. The summed E-state index contributed by atoms with van der Waals surface area (Å²) in [5, 5.41) is 4.75. The van der Waals surface area contributed by atoms with E-state index in [0.717, 1.165) is 31.5 Å². The summed E-state index contributed by atoms with van der Waals surface area (Å²) in [4.78, 5) is 15.9. The zero-order valence-electron chi connectivity index (χ0n) is 13.7. The highest BCUT2D eigenvalue weighted by Gasteiger charge is 2.34. The smallest absolute Gasteiger partial charge is 0.325 e. The fraction of sp³-hybridized carbons (Fsp3) is 0.389. The third kappa shape index (κ3) is 4.04. The van der Waals surface area contributed by atoms with E-state index in [2.05, 4.69) is 16.3 Å². The Morgan fingerprint density at radius 2 is 2.00 bits per heavy atom. The van der Waals surface area contributed by atoms with Gasteiger partial charge in [0.05, 0.1) is 11.6 Å². The maximum absolute atomic E-state index is 12.6. The number of hydrogen-bond acceptors (Lipinski definition) is 3. The zero-order valence-corrected chi connectivity index (χ0v) is 14.5. The van der Waals surface area contributed by atoms with Gasteiger partial charge in [-0.3, -0.25) is 9.69 Å². The molecule has 1 saturated heterocycles. The van der Waals surface area contributed by atoms with E-state index in [9.17, 15) is 18.0 Å². The number of alkyl halides is 3. The maximum Gasteiger partial charge on any atom is 0.416 e. The first-order chi connectivity index (χ1) is 11.9. The van der Waals surface area contributed by atoms with Crippen LogP contribution in [0.2, 0.25) is 0 Å². The van der Waals surface area contributed by atoms with Gasteiger partial charge in [-0.15, -0.1) is 11.3 Å². The highest BCUT2D eigenvalue weighted by Crippen LogP contribution is 2.36. The summed E-state index contributed by atoms with van der Waals surface area (Å²) in [5.74, 6) is -0.205. The maximum atomic E-state index is 12.6. The molecule has 2 atom stereocenters. The summed E-state index contributed by atoms with van der Waals surface area (Å²) in [6, 6.07) is 8.49. The topological polar surface area (TPSA) is 32.3 Å². The lowest BCUT2D eigenvalue weighted by molar-refractivity contribution is -0.137. The number of carbonyl (C=O) groups excluding carboxylic acids is 1. The van der Waals surface area contributed by atoms with Gasteiger partial charge in [-0.2, -0.15) is 13.2 Å². The number of hydrogen-bond donors (Lipinski definition) is 1. The molecule has 1 aliphatic heterocycles. The molecule has 3 nitrogen and oxygen atoms in total. The summed E-state index contributed by atoms with van der Waals surface area (Å²) in [6.45, 7) is 2.68. The van der Waals surface area contributed by atoms with Crippen LogP contribution in [-0.2, 0) is 11.0 Å². The Hall–Kier alpha value is -1.86. The molecule has 0 saturated carbocycles. The number of amides is 1. The van der Waals surface area contributed by atoms with E-state index in [1.807, 2.05) is 18.4 Å². The Morgan fingerprint density at radius 3 is 2.60 bits per heavy atom. The van der Waals surface area contributed by atoms with Gasteiger partial charge in [-0.25, -0.2) is 0 Å². The van der Waals surface area contributed by atoms with Crippen LogP contribution in [0.1, 0.15) is 36.2 Å². The molecule has 1 fully saturated rings. The molecule has 3 rings (SSSR count). The van der Waals surface area contributed by atoms with Gasteiger partial charge in [0.2, 0.25) is 5.91 Å². The molecule has 1 amide bonds. The lowest BCUT2D eigenvalue weighted by Gasteiger charge is -2.29. The minimum absolute atomic E-state index is 0.205. The number of nitrogens with one attached hydrogen (secondary N) is 1. The van der Waals surface area contributed by atoms with Crippen LogP contribution in [0, 0.1) is 0 Å². The van der Waals surface area contributed by atoms with Crippen LogP contribution in [0.4, 0.5) is 18.9 Å². The number of rotatable bonds is 4. The molecule has 0 unspecified atom stereocenters. The Balaban J connectivity index is 1.66. The van der Waals surface area contributed by atoms with Gasteiger partial charge in [0.1, 0.15) is 0 Å². The normalized spacial score (nSPS) is 19.8. The van der Waals surface area contributed by atoms with Crippen LogP contribution >= 0.6 is 11.3 Å². The fourth-order valence-corrected chi connectivity index (χ4v) is 4.06. The average molecular weight is 368 g/mol. The molecule has 0 radical (unpaired) electrons. The first kappa shape index (κ1) is 17.9. The van der Waals surface area contributed by atoms with E-state index < -0.39 is 11.7 Å². The lowest BCUT2D eigenvalue weighted by Crippen LogP contribution is -2.41. The number of halogens is 3. The van der Waals surface area contributed by atoms with E-state index in [1.54, 1.807) is 11.3 Å². The van der Waals surface area contributed by atoms with Crippen LogP contribution in [-0.4, -0.2) is 23.4 Å². The first-order valence-electron chi connectivity index (χ1n) is 8.13. The van der Waals surface area contributed by atoms with Gasteiger partial charge >= 0.3 is 6.18 Å². The minimum Gasteiger partial charge on any atom is -0.325 e. The van der Waals surface area contributed by atoms with Crippen LogP contribution in [0.25, 0.3) is 0 Å². The standard InChI is InChI=1S/C18H19F3N2OS/c1-12(23-10-2-4-15(23)16-5-3-11-25-16)17(24)22-14-8-6-13(7-9-14)18(19,20)21/h3,5-9,11-12,15H,2,4,10H2,1H3,(H,22,24)/t12-,15-/m1/s1. The zero-order chi connectivity index (χ0) is 18.0. The number of anilines is 1. The van der Waals surface area contributed by atoms with E-state index in [1.165, 1.54) is 17.0 Å². The van der Waals surface area contributed by atoms with Crippen molar-refractivity contribution >= 4 is 22.9 Å². The van der Waals surface area contributed by atoms with E-state index in [0.29, 0.717) is 5.69 Å².